The molecule has 1 aliphatic heterocycles. The van der Waals surface area contributed by atoms with E-state index >= 15 is 0 Å². The third kappa shape index (κ3) is 4.21. The highest BCUT2D eigenvalue weighted by molar-refractivity contribution is 5.38. The van der Waals surface area contributed by atoms with E-state index in [1.807, 2.05) is 6.07 Å². The Labute approximate surface area is 129 Å². The monoisotopic (exact) mass is 290 g/mol. The molecule has 3 atom stereocenters. The summed E-state index contributed by atoms with van der Waals surface area (Å²) in [5, 5.41) is 0. The zero-order valence-corrected chi connectivity index (χ0v) is 13.5. The number of nitrogens with one attached hydrogen (secondary N) is 1. The molecule has 1 aliphatic rings. The Morgan fingerprint density at radius 1 is 1.33 bits per heavy atom. The largest absolute Gasteiger partial charge is 0.493 e. The van der Waals surface area contributed by atoms with E-state index in [0.29, 0.717) is 12.0 Å². The van der Waals surface area contributed by atoms with Gasteiger partial charge < -0.3 is 4.74 Å². The fourth-order valence-electron chi connectivity index (χ4n) is 3.48. The summed E-state index contributed by atoms with van der Waals surface area (Å²) in [5.41, 5.74) is 4.42. The van der Waals surface area contributed by atoms with E-state index in [-0.39, 0.29) is 0 Å². The van der Waals surface area contributed by atoms with Crippen LogP contribution in [0.1, 0.15) is 63.9 Å². The van der Waals surface area contributed by atoms with Crippen molar-refractivity contribution < 1.29 is 4.74 Å². The Hall–Kier alpha value is -1.06. The van der Waals surface area contributed by atoms with Gasteiger partial charge in [0.1, 0.15) is 5.75 Å². The zero-order chi connectivity index (χ0) is 15.1. The van der Waals surface area contributed by atoms with Crippen LogP contribution in [-0.4, -0.2) is 12.6 Å². The summed E-state index contributed by atoms with van der Waals surface area (Å²) in [4.78, 5) is 0. The number of ether oxygens (including phenoxy) is 1. The lowest BCUT2D eigenvalue weighted by Gasteiger charge is -2.34. The number of para-hydroxylation sites is 1. The van der Waals surface area contributed by atoms with Crippen molar-refractivity contribution in [2.45, 2.75) is 64.3 Å². The Kier molecular flexibility index (Phi) is 6.52. The first-order valence-corrected chi connectivity index (χ1v) is 8.47. The molecule has 3 nitrogen and oxygen atoms in total. The van der Waals surface area contributed by atoms with E-state index in [0.717, 1.165) is 31.1 Å². The van der Waals surface area contributed by atoms with Crippen molar-refractivity contribution in [3.05, 3.63) is 29.8 Å². The minimum Gasteiger partial charge on any atom is -0.493 e. The molecular weight excluding hydrogens is 260 g/mol. The lowest BCUT2D eigenvalue weighted by atomic mass is 9.81. The van der Waals surface area contributed by atoms with Gasteiger partial charge in [0.2, 0.25) is 0 Å². The summed E-state index contributed by atoms with van der Waals surface area (Å²) in [5.74, 6) is 8.17. The van der Waals surface area contributed by atoms with Crippen LogP contribution in [0.3, 0.4) is 0 Å². The minimum absolute atomic E-state index is 0.344. The Bertz CT molecular complexity index is 421. The first-order chi connectivity index (χ1) is 10.3. The zero-order valence-electron chi connectivity index (χ0n) is 13.5. The van der Waals surface area contributed by atoms with Gasteiger partial charge in [-0.25, -0.2) is 0 Å². The van der Waals surface area contributed by atoms with Gasteiger partial charge in [0.15, 0.2) is 0 Å². The fraction of sp³-hybridized carbons (Fsp3) is 0.667. The minimum atomic E-state index is 0.344. The van der Waals surface area contributed by atoms with Crippen LogP contribution in [0, 0.1) is 5.92 Å². The molecule has 1 aromatic rings. The molecule has 3 unspecified atom stereocenters. The van der Waals surface area contributed by atoms with Gasteiger partial charge in [-0.05, 0) is 30.4 Å². The second-order valence-electron chi connectivity index (χ2n) is 6.21. The molecule has 3 N–H and O–H groups in total. The number of rotatable bonds is 8. The highest BCUT2D eigenvalue weighted by atomic mass is 16.5. The Morgan fingerprint density at radius 2 is 2.14 bits per heavy atom. The second-order valence-corrected chi connectivity index (χ2v) is 6.21. The third-order valence-corrected chi connectivity index (χ3v) is 4.84. The van der Waals surface area contributed by atoms with Crippen LogP contribution in [0.25, 0.3) is 0 Å². The average molecular weight is 290 g/mol. The highest BCUT2D eigenvalue weighted by Crippen LogP contribution is 2.37. The van der Waals surface area contributed by atoms with E-state index in [9.17, 15) is 0 Å². The van der Waals surface area contributed by atoms with Gasteiger partial charge in [-0.3, -0.25) is 11.3 Å². The fourth-order valence-corrected chi connectivity index (χ4v) is 3.48. The molecule has 1 aromatic carbocycles. The van der Waals surface area contributed by atoms with Gasteiger partial charge >= 0.3 is 0 Å². The van der Waals surface area contributed by atoms with Crippen LogP contribution in [0.4, 0.5) is 0 Å². The Morgan fingerprint density at radius 3 is 2.86 bits per heavy atom. The van der Waals surface area contributed by atoms with Crippen molar-refractivity contribution in [1.29, 1.82) is 0 Å². The predicted molar refractivity (Wildman–Crippen MR) is 88.3 cm³/mol. The molecule has 0 fully saturated rings. The molecule has 21 heavy (non-hydrogen) atoms. The molecular formula is C18H30N2O. The van der Waals surface area contributed by atoms with Crippen LogP contribution in [0.5, 0.6) is 5.75 Å². The number of hydrogen-bond acceptors (Lipinski definition) is 3. The summed E-state index contributed by atoms with van der Waals surface area (Å²) in [6, 6.07) is 8.75. The molecule has 0 saturated carbocycles. The predicted octanol–water partition coefficient (Wildman–Crippen LogP) is 3.99. The first kappa shape index (κ1) is 16.3. The van der Waals surface area contributed by atoms with E-state index in [1.165, 1.54) is 31.2 Å². The van der Waals surface area contributed by atoms with E-state index in [1.54, 1.807) is 0 Å². The number of fused-ring (bicyclic) bond motifs is 1. The van der Waals surface area contributed by atoms with Gasteiger partial charge in [-0.15, -0.1) is 0 Å². The van der Waals surface area contributed by atoms with Gasteiger partial charge in [0.25, 0.3) is 0 Å². The maximum absolute atomic E-state index is 5.90. The van der Waals surface area contributed by atoms with E-state index in [2.05, 4.69) is 37.5 Å². The van der Waals surface area contributed by atoms with Crippen molar-refractivity contribution in [2.24, 2.45) is 11.8 Å². The normalized spacial score (nSPS) is 20.4. The summed E-state index contributed by atoms with van der Waals surface area (Å²) in [6.45, 7) is 5.36. The second kappa shape index (κ2) is 8.40. The lowest BCUT2D eigenvalue weighted by Crippen LogP contribution is -2.42. The van der Waals surface area contributed by atoms with Crippen LogP contribution >= 0.6 is 0 Å². The molecule has 0 radical (unpaired) electrons. The maximum Gasteiger partial charge on any atom is 0.122 e. The highest BCUT2D eigenvalue weighted by Gasteiger charge is 2.29. The molecule has 3 heteroatoms. The molecule has 0 spiro atoms. The third-order valence-electron chi connectivity index (χ3n) is 4.84. The van der Waals surface area contributed by atoms with Crippen LogP contribution in [0.15, 0.2) is 24.3 Å². The SMILES string of the molecule is CCCCC(CC)CC(NN)C1CCOc2ccccc21. The van der Waals surface area contributed by atoms with Crippen molar-refractivity contribution in [2.75, 3.05) is 6.61 Å². The summed E-state index contributed by atoms with van der Waals surface area (Å²) in [6.07, 6.45) is 7.36. The van der Waals surface area contributed by atoms with Crippen molar-refractivity contribution >= 4 is 0 Å². The van der Waals surface area contributed by atoms with Crippen molar-refractivity contribution in [3.63, 3.8) is 0 Å². The van der Waals surface area contributed by atoms with Crippen LogP contribution in [-0.2, 0) is 0 Å². The lowest BCUT2D eigenvalue weighted by molar-refractivity contribution is 0.228. The number of unbranched alkanes of at least 4 members (excludes halogenated alkanes) is 1. The number of hydrogen-bond donors (Lipinski definition) is 2. The van der Waals surface area contributed by atoms with Gasteiger partial charge in [0, 0.05) is 12.0 Å². The molecule has 0 aliphatic carbocycles. The molecule has 0 amide bonds. The van der Waals surface area contributed by atoms with Crippen LogP contribution < -0.4 is 16.0 Å². The Balaban J connectivity index is 2.07. The van der Waals surface area contributed by atoms with Crippen LogP contribution in [0.2, 0.25) is 0 Å². The van der Waals surface area contributed by atoms with Gasteiger partial charge in [0.05, 0.1) is 6.61 Å². The van der Waals surface area contributed by atoms with Gasteiger partial charge in [-0.2, -0.15) is 0 Å². The van der Waals surface area contributed by atoms with Crippen molar-refractivity contribution in [3.8, 4) is 5.75 Å². The molecule has 0 bridgehead atoms. The molecule has 1 heterocycles. The molecule has 0 saturated heterocycles. The number of benzene rings is 1. The average Bonchev–Trinajstić information content (AvgIpc) is 2.55. The molecule has 2 rings (SSSR count). The summed E-state index contributed by atoms with van der Waals surface area (Å²) in [7, 11) is 0. The molecule has 118 valence electrons. The standard InChI is InChI=1S/C18H30N2O/c1-3-5-8-14(4-2)13-17(20-19)15-11-12-21-18-10-7-6-9-16(15)18/h6-7,9-10,14-15,17,20H,3-5,8,11-13,19H2,1-2H3. The summed E-state index contributed by atoms with van der Waals surface area (Å²) >= 11 is 0. The molecule has 0 aromatic heterocycles. The van der Waals surface area contributed by atoms with Gasteiger partial charge in [-0.1, -0.05) is 57.7 Å². The topological polar surface area (TPSA) is 47.3 Å². The number of hydrazine groups is 1. The number of nitrogens with two attached hydrogens (primary N) is 1. The van der Waals surface area contributed by atoms with Crippen molar-refractivity contribution in [1.82, 2.24) is 5.43 Å². The quantitative estimate of drug-likeness (QED) is 0.562. The first-order valence-electron chi connectivity index (χ1n) is 8.47. The van der Waals surface area contributed by atoms with E-state index < -0.39 is 0 Å². The van der Waals surface area contributed by atoms with E-state index in [4.69, 9.17) is 10.6 Å². The smallest absolute Gasteiger partial charge is 0.122 e. The maximum atomic E-state index is 5.90. The summed E-state index contributed by atoms with van der Waals surface area (Å²) < 4.78 is 5.78.